The van der Waals surface area contributed by atoms with Crippen LogP contribution < -0.4 is 14.8 Å². The van der Waals surface area contributed by atoms with Crippen LogP contribution in [-0.2, 0) is 6.54 Å². The third kappa shape index (κ3) is 5.99. The molecule has 0 aliphatic heterocycles. The molecule has 0 spiro atoms. The van der Waals surface area contributed by atoms with Gasteiger partial charge in [-0.25, -0.2) is 0 Å². The molecule has 0 unspecified atom stereocenters. The number of rotatable bonds is 8. The number of methoxy groups -OCH3 is 1. The highest BCUT2D eigenvalue weighted by atomic mass is 35.5. The van der Waals surface area contributed by atoms with Crippen LogP contribution in [0.25, 0.3) is 0 Å². The van der Waals surface area contributed by atoms with E-state index in [2.05, 4.69) is 25.7 Å². The molecule has 1 aromatic carbocycles. The van der Waals surface area contributed by atoms with Gasteiger partial charge >= 0.3 is 0 Å². The van der Waals surface area contributed by atoms with Crippen molar-refractivity contribution in [2.75, 3.05) is 20.3 Å². The fourth-order valence-electron chi connectivity index (χ4n) is 1.61. The van der Waals surface area contributed by atoms with Crippen LogP contribution in [0.5, 0.6) is 11.5 Å². The fourth-order valence-corrected chi connectivity index (χ4v) is 1.67. The highest BCUT2D eigenvalue weighted by Gasteiger charge is 2.06. The van der Waals surface area contributed by atoms with Crippen LogP contribution in [0.3, 0.4) is 0 Å². The molecular weight excluding hydrogens is 262 g/mol. The summed E-state index contributed by atoms with van der Waals surface area (Å²) >= 11 is 5.72. The Morgan fingerprint density at radius 3 is 2.74 bits per heavy atom. The van der Waals surface area contributed by atoms with Crippen molar-refractivity contribution in [1.82, 2.24) is 5.32 Å². The SMILES string of the molecule is C=C(Cl)COc1ccc(OC)cc1CNCC(C)C. The minimum atomic E-state index is 0.311. The zero-order valence-electron chi connectivity index (χ0n) is 11.8. The molecule has 1 N–H and O–H groups in total. The van der Waals surface area contributed by atoms with Gasteiger partial charge in [-0.05, 0) is 30.7 Å². The molecule has 106 valence electrons. The third-order valence-electron chi connectivity index (χ3n) is 2.52. The lowest BCUT2D eigenvalue weighted by atomic mass is 10.1. The molecule has 3 nitrogen and oxygen atoms in total. The van der Waals surface area contributed by atoms with Crippen LogP contribution in [0.4, 0.5) is 0 Å². The minimum absolute atomic E-state index is 0.311. The summed E-state index contributed by atoms with van der Waals surface area (Å²) in [6.45, 7) is 9.97. The van der Waals surface area contributed by atoms with E-state index in [0.29, 0.717) is 17.6 Å². The lowest BCUT2D eigenvalue weighted by molar-refractivity contribution is 0.351. The van der Waals surface area contributed by atoms with E-state index in [0.717, 1.165) is 30.2 Å². The number of nitrogens with one attached hydrogen (secondary N) is 1. The quantitative estimate of drug-likeness (QED) is 0.791. The summed E-state index contributed by atoms with van der Waals surface area (Å²) in [6, 6.07) is 5.74. The zero-order valence-corrected chi connectivity index (χ0v) is 12.6. The number of benzene rings is 1. The summed E-state index contributed by atoms with van der Waals surface area (Å²) in [4.78, 5) is 0. The predicted octanol–water partition coefficient (Wildman–Crippen LogP) is 3.57. The third-order valence-corrected chi connectivity index (χ3v) is 2.63. The van der Waals surface area contributed by atoms with Crippen LogP contribution >= 0.6 is 11.6 Å². The summed E-state index contributed by atoms with van der Waals surface area (Å²) in [5.41, 5.74) is 1.05. The first-order chi connectivity index (χ1) is 9.02. The lowest BCUT2D eigenvalue weighted by Gasteiger charge is -2.14. The van der Waals surface area contributed by atoms with Crippen molar-refractivity contribution in [2.45, 2.75) is 20.4 Å². The lowest BCUT2D eigenvalue weighted by Crippen LogP contribution is -2.19. The first-order valence-electron chi connectivity index (χ1n) is 6.36. The van der Waals surface area contributed by atoms with E-state index in [1.807, 2.05) is 18.2 Å². The van der Waals surface area contributed by atoms with Crippen molar-refractivity contribution < 1.29 is 9.47 Å². The Morgan fingerprint density at radius 2 is 2.16 bits per heavy atom. The molecule has 0 bridgehead atoms. The van der Waals surface area contributed by atoms with E-state index in [-0.39, 0.29) is 0 Å². The van der Waals surface area contributed by atoms with Crippen LogP contribution in [-0.4, -0.2) is 20.3 Å². The average Bonchev–Trinajstić information content (AvgIpc) is 2.36. The van der Waals surface area contributed by atoms with Crippen LogP contribution in [0.15, 0.2) is 29.8 Å². The van der Waals surface area contributed by atoms with Gasteiger partial charge in [0.1, 0.15) is 18.1 Å². The monoisotopic (exact) mass is 283 g/mol. The Labute approximate surface area is 120 Å². The normalized spacial score (nSPS) is 10.6. The molecule has 0 radical (unpaired) electrons. The Morgan fingerprint density at radius 1 is 1.42 bits per heavy atom. The molecule has 1 rings (SSSR count). The van der Waals surface area contributed by atoms with Gasteiger partial charge in [0.05, 0.1) is 7.11 Å². The van der Waals surface area contributed by atoms with Gasteiger partial charge in [0.2, 0.25) is 0 Å². The Hall–Kier alpha value is -1.19. The van der Waals surface area contributed by atoms with Crippen LogP contribution in [0.1, 0.15) is 19.4 Å². The maximum Gasteiger partial charge on any atom is 0.124 e. The number of hydrogen-bond acceptors (Lipinski definition) is 3. The summed E-state index contributed by atoms with van der Waals surface area (Å²) in [6.07, 6.45) is 0. The van der Waals surface area contributed by atoms with Gasteiger partial charge < -0.3 is 14.8 Å². The van der Waals surface area contributed by atoms with Crippen molar-refractivity contribution in [3.8, 4) is 11.5 Å². The summed E-state index contributed by atoms with van der Waals surface area (Å²) in [5.74, 6) is 2.23. The minimum Gasteiger partial charge on any atom is -0.497 e. The predicted molar refractivity (Wildman–Crippen MR) is 80.0 cm³/mol. The van der Waals surface area contributed by atoms with E-state index in [1.165, 1.54) is 0 Å². The highest BCUT2D eigenvalue weighted by Crippen LogP contribution is 2.24. The second-order valence-electron chi connectivity index (χ2n) is 4.80. The van der Waals surface area contributed by atoms with E-state index in [9.17, 15) is 0 Å². The maximum atomic E-state index is 5.72. The second-order valence-corrected chi connectivity index (χ2v) is 5.34. The molecular formula is C15H22ClNO2. The summed E-state index contributed by atoms with van der Waals surface area (Å²) in [5, 5.41) is 3.87. The summed E-state index contributed by atoms with van der Waals surface area (Å²) < 4.78 is 10.9. The molecule has 0 aliphatic rings. The van der Waals surface area contributed by atoms with Gasteiger partial charge in [0.25, 0.3) is 0 Å². The Kier molecular flexibility index (Phi) is 6.74. The molecule has 0 saturated heterocycles. The van der Waals surface area contributed by atoms with Crippen molar-refractivity contribution in [3.05, 3.63) is 35.4 Å². The van der Waals surface area contributed by atoms with Gasteiger partial charge in [0.15, 0.2) is 0 Å². The number of hydrogen-bond donors (Lipinski definition) is 1. The van der Waals surface area contributed by atoms with Gasteiger partial charge in [-0.3, -0.25) is 0 Å². The summed E-state index contributed by atoms with van der Waals surface area (Å²) in [7, 11) is 1.65. The second kappa shape index (κ2) is 8.08. The topological polar surface area (TPSA) is 30.5 Å². The molecule has 0 saturated carbocycles. The van der Waals surface area contributed by atoms with Gasteiger partial charge in [0, 0.05) is 17.1 Å². The highest BCUT2D eigenvalue weighted by molar-refractivity contribution is 6.29. The maximum absolute atomic E-state index is 5.72. The van der Waals surface area contributed by atoms with Crippen molar-refractivity contribution in [1.29, 1.82) is 0 Å². The first-order valence-corrected chi connectivity index (χ1v) is 6.74. The Bertz CT molecular complexity index is 419. The molecule has 0 aromatic heterocycles. The average molecular weight is 284 g/mol. The number of halogens is 1. The number of ether oxygens (including phenoxy) is 2. The first kappa shape index (κ1) is 15.9. The molecule has 0 fully saturated rings. The fraction of sp³-hybridized carbons (Fsp3) is 0.467. The molecule has 0 amide bonds. The van der Waals surface area contributed by atoms with Crippen LogP contribution in [0.2, 0.25) is 0 Å². The van der Waals surface area contributed by atoms with Crippen molar-refractivity contribution in [3.63, 3.8) is 0 Å². The smallest absolute Gasteiger partial charge is 0.124 e. The van der Waals surface area contributed by atoms with Crippen molar-refractivity contribution >= 4 is 11.6 Å². The van der Waals surface area contributed by atoms with Gasteiger partial charge in [-0.1, -0.05) is 32.0 Å². The zero-order chi connectivity index (χ0) is 14.3. The molecule has 19 heavy (non-hydrogen) atoms. The van der Waals surface area contributed by atoms with Gasteiger partial charge in [-0.2, -0.15) is 0 Å². The largest absolute Gasteiger partial charge is 0.497 e. The molecule has 4 heteroatoms. The molecule has 0 atom stereocenters. The van der Waals surface area contributed by atoms with Crippen LogP contribution in [0, 0.1) is 5.92 Å². The van der Waals surface area contributed by atoms with Gasteiger partial charge in [-0.15, -0.1) is 0 Å². The van der Waals surface area contributed by atoms with E-state index < -0.39 is 0 Å². The van der Waals surface area contributed by atoms with E-state index in [4.69, 9.17) is 21.1 Å². The van der Waals surface area contributed by atoms with E-state index >= 15 is 0 Å². The molecule has 0 aliphatic carbocycles. The standard InChI is InChI=1S/C15H22ClNO2/c1-11(2)8-17-9-13-7-14(18-4)5-6-15(13)19-10-12(3)16/h5-7,11,17H,3,8-10H2,1-2,4H3. The van der Waals surface area contributed by atoms with Crippen molar-refractivity contribution in [2.24, 2.45) is 5.92 Å². The molecule has 0 heterocycles. The molecule has 1 aromatic rings. The van der Waals surface area contributed by atoms with E-state index in [1.54, 1.807) is 7.11 Å². The Balaban J connectivity index is 2.74.